The van der Waals surface area contributed by atoms with E-state index in [0.29, 0.717) is 27.7 Å². The van der Waals surface area contributed by atoms with Crippen LogP contribution >= 0.6 is 34.7 Å². The summed E-state index contributed by atoms with van der Waals surface area (Å²) >= 11 is 13.5. The second kappa shape index (κ2) is 8.78. The molecular weight excluding hydrogens is 434 g/mol. The molecule has 5 nitrogen and oxygen atoms in total. The van der Waals surface area contributed by atoms with E-state index in [1.165, 1.54) is 18.2 Å². The molecule has 29 heavy (non-hydrogen) atoms. The lowest BCUT2D eigenvalue weighted by molar-refractivity contribution is 0.495. The summed E-state index contributed by atoms with van der Waals surface area (Å²) in [5.41, 5.74) is 2.54. The number of hydrogen-bond acceptors (Lipinski definition) is 5. The molecular formula is C20H15Cl2FN4OS. The van der Waals surface area contributed by atoms with Crippen molar-refractivity contribution in [3.63, 3.8) is 0 Å². The Hall–Kier alpha value is -2.66. The maximum atomic E-state index is 13.3. The second-order valence-electron chi connectivity index (χ2n) is 6.31. The number of aliphatic imine (C=N–C) groups is 1. The molecule has 0 bridgehead atoms. The number of nitriles is 1. The molecule has 0 atom stereocenters. The zero-order valence-electron chi connectivity index (χ0n) is 15.7. The minimum absolute atomic E-state index is 0.162. The van der Waals surface area contributed by atoms with Crippen molar-refractivity contribution >= 4 is 46.8 Å². The van der Waals surface area contributed by atoms with Crippen molar-refractivity contribution in [1.29, 1.82) is 5.26 Å². The minimum Gasteiger partial charge on any atom is -0.442 e. The highest BCUT2D eigenvalue weighted by molar-refractivity contribution is 7.08. The molecule has 9 heteroatoms. The van der Waals surface area contributed by atoms with Gasteiger partial charge in [-0.25, -0.2) is 9.38 Å². The first kappa shape index (κ1) is 21.1. The molecule has 3 aromatic rings. The predicted octanol–water partition coefficient (Wildman–Crippen LogP) is 6.45. The molecule has 0 unspecified atom stereocenters. The first-order chi connectivity index (χ1) is 13.8. The van der Waals surface area contributed by atoms with Crippen LogP contribution in [0.25, 0.3) is 11.3 Å². The lowest BCUT2D eigenvalue weighted by atomic mass is 10.1. The molecule has 0 radical (unpaired) electrons. The van der Waals surface area contributed by atoms with Gasteiger partial charge in [0.05, 0.1) is 22.1 Å². The summed E-state index contributed by atoms with van der Waals surface area (Å²) in [7, 11) is 3.74. The largest absolute Gasteiger partial charge is 0.442 e. The Labute approximate surface area is 181 Å². The highest BCUT2D eigenvalue weighted by Gasteiger charge is 2.20. The summed E-state index contributed by atoms with van der Waals surface area (Å²) in [5.74, 6) is -0.0897. The van der Waals surface area contributed by atoms with Crippen molar-refractivity contribution < 1.29 is 9.13 Å². The third kappa shape index (κ3) is 4.67. The number of halogens is 3. The molecule has 148 valence electrons. The number of aromatic nitrogens is 1. The zero-order chi connectivity index (χ0) is 21.1. The Morgan fingerprint density at radius 2 is 2.00 bits per heavy atom. The van der Waals surface area contributed by atoms with E-state index in [2.05, 4.69) is 15.4 Å². The monoisotopic (exact) mass is 448 g/mol. The fraction of sp³-hybridized carbons (Fsp3) is 0.150. The summed E-state index contributed by atoms with van der Waals surface area (Å²) in [4.78, 5) is 6.18. The van der Waals surface area contributed by atoms with Crippen molar-refractivity contribution in [1.82, 2.24) is 9.27 Å². The van der Waals surface area contributed by atoms with E-state index < -0.39 is 5.82 Å². The average Bonchev–Trinajstić information content (AvgIpc) is 3.05. The van der Waals surface area contributed by atoms with Gasteiger partial charge in [0.2, 0.25) is 5.06 Å². The van der Waals surface area contributed by atoms with Gasteiger partial charge in [-0.05, 0) is 42.8 Å². The Balaban J connectivity index is 1.97. The van der Waals surface area contributed by atoms with E-state index in [9.17, 15) is 9.65 Å². The number of aryl methyl sites for hydroxylation is 1. The Kier molecular flexibility index (Phi) is 6.38. The van der Waals surface area contributed by atoms with Crippen molar-refractivity contribution in [3.05, 3.63) is 57.3 Å². The maximum absolute atomic E-state index is 13.3. The van der Waals surface area contributed by atoms with Crippen LogP contribution in [-0.4, -0.2) is 29.7 Å². The van der Waals surface area contributed by atoms with Crippen molar-refractivity contribution in [2.24, 2.45) is 4.99 Å². The van der Waals surface area contributed by atoms with Crippen LogP contribution in [0.4, 0.5) is 10.1 Å². The molecule has 0 amide bonds. The van der Waals surface area contributed by atoms with Gasteiger partial charge in [0.1, 0.15) is 28.9 Å². The smallest absolute Gasteiger partial charge is 0.218 e. The van der Waals surface area contributed by atoms with Gasteiger partial charge >= 0.3 is 0 Å². The lowest BCUT2D eigenvalue weighted by Gasteiger charge is -2.10. The summed E-state index contributed by atoms with van der Waals surface area (Å²) in [5, 5.41) is 10.4. The highest BCUT2D eigenvalue weighted by atomic mass is 35.5. The molecule has 3 rings (SSSR count). The van der Waals surface area contributed by atoms with Crippen LogP contribution in [0.15, 0.2) is 35.3 Å². The number of hydrogen-bond donors (Lipinski definition) is 0. The van der Waals surface area contributed by atoms with Crippen LogP contribution in [0.3, 0.4) is 0 Å². The number of benzene rings is 2. The van der Waals surface area contributed by atoms with E-state index in [4.69, 9.17) is 27.9 Å². The van der Waals surface area contributed by atoms with E-state index in [-0.39, 0.29) is 15.6 Å². The van der Waals surface area contributed by atoms with Crippen LogP contribution in [0.5, 0.6) is 10.8 Å². The summed E-state index contributed by atoms with van der Waals surface area (Å²) < 4.78 is 23.5. The molecule has 0 N–H and O–H groups in total. The van der Waals surface area contributed by atoms with Gasteiger partial charge in [-0.3, -0.25) is 0 Å². The second-order valence-corrected chi connectivity index (χ2v) is 7.86. The first-order valence-corrected chi connectivity index (χ1v) is 9.87. The Morgan fingerprint density at radius 3 is 2.66 bits per heavy atom. The topological polar surface area (TPSA) is 61.5 Å². The number of ether oxygens (including phenoxy) is 1. The molecule has 1 aromatic heterocycles. The van der Waals surface area contributed by atoms with Crippen LogP contribution in [0.1, 0.15) is 11.1 Å². The summed E-state index contributed by atoms with van der Waals surface area (Å²) in [6.07, 6.45) is 1.68. The number of rotatable bonds is 5. The molecule has 0 fully saturated rings. The van der Waals surface area contributed by atoms with Crippen molar-refractivity contribution in [2.45, 2.75) is 6.92 Å². The Bertz CT molecular complexity index is 1140. The van der Waals surface area contributed by atoms with Gasteiger partial charge in [0.15, 0.2) is 0 Å². The summed E-state index contributed by atoms with van der Waals surface area (Å²) in [6, 6.07) is 9.43. The molecule has 2 aromatic carbocycles. The van der Waals surface area contributed by atoms with Gasteiger partial charge in [0, 0.05) is 31.2 Å². The number of nitrogens with zero attached hydrogens (tertiary/aromatic N) is 4. The van der Waals surface area contributed by atoms with Crippen LogP contribution in [0.2, 0.25) is 10.0 Å². The third-order valence-electron chi connectivity index (χ3n) is 3.84. The van der Waals surface area contributed by atoms with Gasteiger partial charge in [-0.15, -0.1) is 0 Å². The van der Waals surface area contributed by atoms with Crippen LogP contribution in [0, 0.1) is 24.1 Å². The molecule has 0 saturated carbocycles. The maximum Gasteiger partial charge on any atom is 0.218 e. The normalized spacial score (nSPS) is 10.9. The molecule has 0 spiro atoms. The zero-order valence-corrected chi connectivity index (χ0v) is 18.0. The Morgan fingerprint density at radius 1 is 1.24 bits per heavy atom. The highest BCUT2D eigenvalue weighted by Crippen LogP contribution is 2.41. The average molecular weight is 449 g/mol. The van der Waals surface area contributed by atoms with Crippen molar-refractivity contribution in [2.75, 3.05) is 14.1 Å². The van der Waals surface area contributed by atoms with Gasteiger partial charge in [-0.1, -0.05) is 23.2 Å². The quantitative estimate of drug-likeness (QED) is 0.332. The van der Waals surface area contributed by atoms with E-state index in [1.807, 2.05) is 25.9 Å². The molecule has 0 saturated heterocycles. The van der Waals surface area contributed by atoms with Gasteiger partial charge < -0.3 is 9.64 Å². The fourth-order valence-corrected chi connectivity index (χ4v) is 3.63. The predicted molar refractivity (Wildman–Crippen MR) is 115 cm³/mol. The third-order valence-corrected chi connectivity index (χ3v) is 5.17. The first-order valence-electron chi connectivity index (χ1n) is 8.34. The molecule has 0 aliphatic rings. The van der Waals surface area contributed by atoms with Crippen molar-refractivity contribution in [3.8, 4) is 28.1 Å². The standard InChI is InChI=1S/C20H15Cl2FN4OS/c1-11-6-18(16(22)8-17(11)25-10-27(2)3)28-20-14(9-24)19(26-29-20)13-5-4-12(23)7-15(13)21/h4-8,10H,1-3H3/b25-10-. The van der Waals surface area contributed by atoms with Gasteiger partial charge in [0.25, 0.3) is 0 Å². The minimum atomic E-state index is -0.469. The van der Waals surface area contributed by atoms with Gasteiger partial charge in [-0.2, -0.15) is 9.64 Å². The molecule has 0 aliphatic heterocycles. The lowest BCUT2D eigenvalue weighted by Crippen LogP contribution is -2.07. The summed E-state index contributed by atoms with van der Waals surface area (Å²) in [6.45, 7) is 1.88. The van der Waals surface area contributed by atoms with Crippen LogP contribution < -0.4 is 4.74 Å². The molecule has 1 heterocycles. The van der Waals surface area contributed by atoms with Crippen LogP contribution in [-0.2, 0) is 0 Å². The fourth-order valence-electron chi connectivity index (χ4n) is 2.45. The van der Waals surface area contributed by atoms with E-state index in [0.717, 1.165) is 17.1 Å². The van der Waals surface area contributed by atoms with E-state index >= 15 is 0 Å². The molecule has 0 aliphatic carbocycles. The SMILES string of the molecule is Cc1cc(Oc2snc(-c3ccc(F)cc3Cl)c2C#N)c(Cl)cc1/N=C\N(C)C. The van der Waals surface area contributed by atoms with E-state index in [1.54, 1.807) is 18.5 Å².